The molecule has 0 aliphatic carbocycles. The van der Waals surface area contributed by atoms with Gasteiger partial charge in [-0.25, -0.2) is 0 Å². The highest BCUT2D eigenvalue weighted by Gasteiger charge is 2.53. The number of ether oxygens (including phenoxy) is 1. The van der Waals surface area contributed by atoms with E-state index in [1.165, 1.54) is 6.26 Å². The first-order valence-corrected chi connectivity index (χ1v) is 8.76. The number of carboxylic acid groups (broad SMARTS) is 1. The molecular formula is C18H26N2O5. The van der Waals surface area contributed by atoms with Crippen LogP contribution in [0, 0.1) is 18.3 Å². The minimum absolute atomic E-state index is 0.0669. The number of furan rings is 1. The average molecular weight is 350 g/mol. The molecule has 3 heterocycles. The predicted octanol–water partition coefficient (Wildman–Crippen LogP) is 1.47. The summed E-state index contributed by atoms with van der Waals surface area (Å²) in [5.41, 5.74) is -0.203. The van der Waals surface area contributed by atoms with Crippen LogP contribution in [0.15, 0.2) is 16.7 Å². The van der Waals surface area contributed by atoms with Crippen molar-refractivity contribution in [2.24, 2.45) is 11.3 Å². The van der Waals surface area contributed by atoms with Crippen molar-refractivity contribution in [1.82, 2.24) is 9.80 Å². The van der Waals surface area contributed by atoms with Gasteiger partial charge >= 0.3 is 5.97 Å². The summed E-state index contributed by atoms with van der Waals surface area (Å²) in [6.45, 7) is 5.35. The molecule has 138 valence electrons. The third-order valence-electron chi connectivity index (χ3n) is 5.67. The summed E-state index contributed by atoms with van der Waals surface area (Å²) in [7, 11) is 1.65. The van der Waals surface area contributed by atoms with E-state index in [0.29, 0.717) is 57.0 Å². The van der Waals surface area contributed by atoms with Gasteiger partial charge in [0.2, 0.25) is 0 Å². The summed E-state index contributed by atoms with van der Waals surface area (Å²) < 4.78 is 10.4. The number of carbonyl (C=O) groups excluding carboxylic acids is 1. The van der Waals surface area contributed by atoms with Crippen LogP contribution in [0.25, 0.3) is 0 Å². The second-order valence-electron chi connectivity index (χ2n) is 7.13. The van der Waals surface area contributed by atoms with Gasteiger partial charge in [0.25, 0.3) is 5.91 Å². The first-order chi connectivity index (χ1) is 12.0. The van der Waals surface area contributed by atoms with Crippen LogP contribution in [-0.4, -0.2) is 73.2 Å². The maximum atomic E-state index is 12.8. The maximum absolute atomic E-state index is 12.8. The molecule has 7 heteroatoms. The molecule has 2 fully saturated rings. The molecule has 2 saturated heterocycles. The molecule has 0 radical (unpaired) electrons. The zero-order valence-electron chi connectivity index (χ0n) is 14.9. The van der Waals surface area contributed by atoms with Crippen molar-refractivity contribution in [2.45, 2.75) is 19.8 Å². The zero-order chi connectivity index (χ0) is 18.0. The van der Waals surface area contributed by atoms with Gasteiger partial charge in [-0.05, 0) is 25.8 Å². The van der Waals surface area contributed by atoms with E-state index >= 15 is 0 Å². The predicted molar refractivity (Wildman–Crippen MR) is 90.5 cm³/mol. The Hall–Kier alpha value is -1.86. The minimum Gasteiger partial charge on any atom is -0.481 e. The van der Waals surface area contributed by atoms with E-state index in [-0.39, 0.29) is 11.8 Å². The fourth-order valence-corrected chi connectivity index (χ4v) is 4.24. The number of nitrogens with zero attached hydrogens (tertiary/aromatic N) is 2. The molecule has 7 nitrogen and oxygen atoms in total. The van der Waals surface area contributed by atoms with Crippen LogP contribution in [-0.2, 0) is 9.53 Å². The number of methoxy groups -OCH3 is 1. The smallest absolute Gasteiger partial charge is 0.311 e. The molecule has 1 aromatic rings. The number of carboxylic acids is 1. The Labute approximate surface area is 147 Å². The summed E-state index contributed by atoms with van der Waals surface area (Å²) in [6.07, 6.45) is 2.82. The van der Waals surface area contributed by atoms with Gasteiger partial charge in [-0.1, -0.05) is 0 Å². The van der Waals surface area contributed by atoms with E-state index < -0.39 is 11.4 Å². The second kappa shape index (κ2) is 7.17. The van der Waals surface area contributed by atoms with Crippen LogP contribution in [0.5, 0.6) is 0 Å². The third-order valence-corrected chi connectivity index (χ3v) is 5.67. The van der Waals surface area contributed by atoms with Crippen LogP contribution < -0.4 is 0 Å². The number of hydrogen-bond acceptors (Lipinski definition) is 5. The highest BCUT2D eigenvalue weighted by atomic mass is 16.5. The molecule has 0 bridgehead atoms. The number of aryl methyl sites for hydroxylation is 1. The van der Waals surface area contributed by atoms with Crippen molar-refractivity contribution in [3.63, 3.8) is 0 Å². The summed E-state index contributed by atoms with van der Waals surface area (Å²) in [6, 6.07) is 1.69. The normalized spacial score (nSPS) is 27.1. The summed E-state index contributed by atoms with van der Waals surface area (Å²) in [4.78, 5) is 28.9. The zero-order valence-corrected chi connectivity index (χ0v) is 14.9. The minimum atomic E-state index is -0.770. The molecule has 25 heavy (non-hydrogen) atoms. The van der Waals surface area contributed by atoms with Crippen molar-refractivity contribution in [2.75, 3.05) is 46.4 Å². The SMILES string of the molecule is COCCN1C[C@@H]2CN(C(=O)c3ccoc3C)CCC[C@]2(C(=O)O)C1. The van der Waals surface area contributed by atoms with Gasteiger partial charge in [0, 0.05) is 45.8 Å². The maximum Gasteiger partial charge on any atom is 0.311 e. The van der Waals surface area contributed by atoms with Gasteiger partial charge in [-0.2, -0.15) is 0 Å². The first kappa shape index (κ1) is 17.9. The molecule has 1 amide bonds. The van der Waals surface area contributed by atoms with E-state index in [2.05, 4.69) is 4.90 Å². The Bertz CT molecular complexity index is 643. The van der Waals surface area contributed by atoms with E-state index in [1.54, 1.807) is 25.0 Å². The summed E-state index contributed by atoms with van der Waals surface area (Å²) in [5, 5.41) is 9.94. The van der Waals surface area contributed by atoms with Crippen molar-refractivity contribution in [3.05, 3.63) is 23.7 Å². The monoisotopic (exact) mass is 350 g/mol. The lowest BCUT2D eigenvalue weighted by Crippen LogP contribution is -2.42. The van der Waals surface area contributed by atoms with E-state index in [0.717, 1.165) is 6.54 Å². The summed E-state index contributed by atoms with van der Waals surface area (Å²) >= 11 is 0. The number of rotatable bonds is 5. The Kier molecular flexibility index (Phi) is 5.15. The number of amides is 1. The number of hydrogen-bond donors (Lipinski definition) is 1. The van der Waals surface area contributed by atoms with Gasteiger partial charge < -0.3 is 19.2 Å². The van der Waals surface area contributed by atoms with Crippen molar-refractivity contribution in [1.29, 1.82) is 0 Å². The standard InChI is InChI=1S/C18H26N2O5/c1-13-15(4-8-25-13)16(21)20-6-3-5-18(17(22)23)12-19(7-9-24-2)10-14(18)11-20/h4,8,14H,3,5-7,9-12H2,1-2H3,(H,22,23)/t14-,18+/m1/s1. The van der Waals surface area contributed by atoms with Gasteiger partial charge in [0.1, 0.15) is 5.76 Å². The Balaban J connectivity index is 1.79. The largest absolute Gasteiger partial charge is 0.481 e. The molecule has 0 unspecified atom stereocenters. The van der Waals surface area contributed by atoms with Crippen LogP contribution in [0.4, 0.5) is 0 Å². The van der Waals surface area contributed by atoms with Gasteiger partial charge in [-0.3, -0.25) is 14.5 Å². The van der Waals surface area contributed by atoms with E-state index in [9.17, 15) is 14.7 Å². The fraction of sp³-hybridized carbons (Fsp3) is 0.667. The number of fused-ring (bicyclic) bond motifs is 1. The van der Waals surface area contributed by atoms with Gasteiger partial charge in [0.05, 0.1) is 23.8 Å². The number of likely N-dealkylation sites (tertiary alicyclic amines) is 2. The van der Waals surface area contributed by atoms with Crippen LogP contribution in [0.1, 0.15) is 29.0 Å². The molecule has 0 saturated carbocycles. The molecule has 1 N–H and O–H groups in total. The Morgan fingerprint density at radius 3 is 2.88 bits per heavy atom. The quantitative estimate of drug-likeness (QED) is 0.866. The molecule has 2 aliphatic rings. The van der Waals surface area contributed by atoms with Gasteiger partial charge in [0.15, 0.2) is 0 Å². The average Bonchev–Trinajstić information content (AvgIpc) is 3.11. The molecule has 3 rings (SSSR count). The molecule has 0 spiro atoms. The lowest BCUT2D eigenvalue weighted by atomic mass is 9.75. The fourth-order valence-electron chi connectivity index (χ4n) is 4.24. The molecule has 1 aromatic heterocycles. The second-order valence-corrected chi connectivity index (χ2v) is 7.13. The Morgan fingerprint density at radius 2 is 2.24 bits per heavy atom. The van der Waals surface area contributed by atoms with Crippen molar-refractivity contribution < 1.29 is 23.8 Å². The van der Waals surface area contributed by atoms with Crippen molar-refractivity contribution >= 4 is 11.9 Å². The Morgan fingerprint density at radius 1 is 1.44 bits per heavy atom. The van der Waals surface area contributed by atoms with Crippen LogP contribution in [0.3, 0.4) is 0 Å². The molecular weight excluding hydrogens is 324 g/mol. The highest BCUT2D eigenvalue weighted by molar-refractivity contribution is 5.95. The highest BCUT2D eigenvalue weighted by Crippen LogP contribution is 2.43. The lowest BCUT2D eigenvalue weighted by Gasteiger charge is -2.29. The van der Waals surface area contributed by atoms with Crippen LogP contribution >= 0.6 is 0 Å². The number of aliphatic carboxylic acids is 1. The first-order valence-electron chi connectivity index (χ1n) is 8.76. The third kappa shape index (κ3) is 3.30. The van der Waals surface area contributed by atoms with Crippen molar-refractivity contribution in [3.8, 4) is 0 Å². The van der Waals surface area contributed by atoms with E-state index in [4.69, 9.17) is 9.15 Å². The molecule has 0 aromatic carbocycles. The van der Waals surface area contributed by atoms with E-state index in [1.807, 2.05) is 0 Å². The molecule has 2 aliphatic heterocycles. The van der Waals surface area contributed by atoms with Crippen LogP contribution in [0.2, 0.25) is 0 Å². The van der Waals surface area contributed by atoms with Gasteiger partial charge in [-0.15, -0.1) is 0 Å². The summed E-state index contributed by atoms with van der Waals surface area (Å²) in [5.74, 6) is -0.276. The topological polar surface area (TPSA) is 83.2 Å². The lowest BCUT2D eigenvalue weighted by molar-refractivity contribution is -0.151. The number of carbonyl (C=O) groups is 2. The molecule has 2 atom stereocenters.